The Kier molecular flexibility index (Phi) is 5.29. The largest absolute Gasteiger partial charge is 0.317 e. The van der Waals surface area contributed by atoms with Crippen molar-refractivity contribution in [3.05, 3.63) is 16.4 Å². The molecule has 1 atom stereocenters. The molecule has 0 aliphatic carbocycles. The molecule has 1 N–H and O–H groups in total. The van der Waals surface area contributed by atoms with Crippen molar-refractivity contribution in [2.75, 3.05) is 7.05 Å². The van der Waals surface area contributed by atoms with Gasteiger partial charge in [0.2, 0.25) is 0 Å². The average molecular weight is 244 g/mol. The third-order valence-electron chi connectivity index (χ3n) is 3.00. The van der Waals surface area contributed by atoms with Crippen LogP contribution in [0.3, 0.4) is 0 Å². The third-order valence-corrected chi connectivity index (χ3v) is 3.49. The highest BCUT2D eigenvalue weighted by atomic mass is 35.5. The molecule has 1 heterocycles. The van der Waals surface area contributed by atoms with Crippen molar-refractivity contribution in [2.24, 2.45) is 0 Å². The monoisotopic (exact) mass is 243 g/mol. The van der Waals surface area contributed by atoms with Crippen LogP contribution < -0.4 is 5.32 Å². The maximum absolute atomic E-state index is 6.24. The molecule has 1 aromatic heterocycles. The van der Waals surface area contributed by atoms with Crippen LogP contribution in [0.15, 0.2) is 0 Å². The Hall–Kier alpha value is -0.540. The molecule has 0 saturated heterocycles. The number of aromatic nitrogens is 2. The summed E-state index contributed by atoms with van der Waals surface area (Å²) in [4.78, 5) is 0. The summed E-state index contributed by atoms with van der Waals surface area (Å²) in [6, 6.07) is 0.567. The maximum Gasteiger partial charge on any atom is 0.0847 e. The number of nitrogens with one attached hydrogen (secondary N) is 1. The fourth-order valence-electron chi connectivity index (χ4n) is 1.83. The van der Waals surface area contributed by atoms with Crippen LogP contribution in [0, 0.1) is 6.92 Å². The second kappa shape index (κ2) is 6.26. The van der Waals surface area contributed by atoms with Gasteiger partial charge in [0.15, 0.2) is 0 Å². The molecule has 4 heteroatoms. The van der Waals surface area contributed by atoms with E-state index < -0.39 is 0 Å². The summed E-state index contributed by atoms with van der Waals surface area (Å²) in [5.41, 5.74) is 2.13. The minimum absolute atomic E-state index is 0.567. The van der Waals surface area contributed by atoms with Crippen LogP contribution in [-0.4, -0.2) is 22.9 Å². The molecule has 3 nitrogen and oxygen atoms in total. The highest BCUT2D eigenvalue weighted by molar-refractivity contribution is 6.31. The van der Waals surface area contributed by atoms with Gasteiger partial charge < -0.3 is 5.32 Å². The molecule has 0 fully saturated rings. The van der Waals surface area contributed by atoms with Gasteiger partial charge in [0.1, 0.15) is 0 Å². The zero-order chi connectivity index (χ0) is 12.1. The van der Waals surface area contributed by atoms with Gasteiger partial charge in [-0.05, 0) is 47.1 Å². The van der Waals surface area contributed by atoms with Gasteiger partial charge in [-0.3, -0.25) is 4.68 Å². The predicted octanol–water partition coefficient (Wildman–Crippen LogP) is 2.80. The molecule has 0 amide bonds. The number of halogens is 1. The van der Waals surface area contributed by atoms with Gasteiger partial charge in [-0.2, -0.15) is 5.10 Å². The summed E-state index contributed by atoms with van der Waals surface area (Å²) >= 11 is 6.24. The van der Waals surface area contributed by atoms with Gasteiger partial charge >= 0.3 is 0 Å². The second-order valence-corrected chi connectivity index (χ2v) is 4.62. The lowest BCUT2D eigenvalue weighted by Gasteiger charge is -2.10. The van der Waals surface area contributed by atoms with Crippen LogP contribution in [0.25, 0.3) is 0 Å². The van der Waals surface area contributed by atoms with E-state index in [4.69, 9.17) is 11.6 Å². The quantitative estimate of drug-likeness (QED) is 0.833. The van der Waals surface area contributed by atoms with E-state index in [0.29, 0.717) is 6.04 Å². The first kappa shape index (κ1) is 13.5. The molecular weight excluding hydrogens is 222 g/mol. The molecular formula is C12H22ClN3. The Labute approximate surface area is 103 Å². The van der Waals surface area contributed by atoms with E-state index in [1.54, 1.807) is 0 Å². The SMILES string of the molecule is CCn1nc(C)c(Cl)c1CCCC(C)NC. The fraction of sp³-hybridized carbons (Fsp3) is 0.750. The fourth-order valence-corrected chi connectivity index (χ4v) is 2.06. The lowest BCUT2D eigenvalue weighted by atomic mass is 10.1. The molecule has 92 valence electrons. The van der Waals surface area contributed by atoms with E-state index in [9.17, 15) is 0 Å². The van der Waals surface area contributed by atoms with Crippen molar-refractivity contribution >= 4 is 11.6 Å². The third kappa shape index (κ3) is 3.22. The molecule has 16 heavy (non-hydrogen) atoms. The van der Waals surface area contributed by atoms with Crippen LogP contribution in [0.5, 0.6) is 0 Å². The molecule has 0 spiro atoms. The van der Waals surface area contributed by atoms with Crippen LogP contribution in [-0.2, 0) is 13.0 Å². The number of hydrogen-bond acceptors (Lipinski definition) is 2. The van der Waals surface area contributed by atoms with E-state index in [1.165, 1.54) is 12.1 Å². The average Bonchev–Trinajstić information content (AvgIpc) is 2.56. The zero-order valence-corrected chi connectivity index (χ0v) is 11.4. The summed E-state index contributed by atoms with van der Waals surface area (Å²) in [6.45, 7) is 7.16. The zero-order valence-electron chi connectivity index (χ0n) is 10.7. The lowest BCUT2D eigenvalue weighted by Crippen LogP contribution is -2.21. The van der Waals surface area contributed by atoms with Gasteiger partial charge in [0, 0.05) is 12.6 Å². The summed E-state index contributed by atoms with van der Waals surface area (Å²) in [5, 5.41) is 8.51. The van der Waals surface area contributed by atoms with Crippen LogP contribution in [0.1, 0.15) is 38.1 Å². The van der Waals surface area contributed by atoms with Gasteiger partial charge in [-0.15, -0.1) is 0 Å². The highest BCUT2D eigenvalue weighted by Crippen LogP contribution is 2.22. The van der Waals surface area contributed by atoms with Gasteiger partial charge in [0.25, 0.3) is 0 Å². The smallest absolute Gasteiger partial charge is 0.0847 e. The maximum atomic E-state index is 6.24. The predicted molar refractivity (Wildman–Crippen MR) is 69.1 cm³/mol. The van der Waals surface area contributed by atoms with Gasteiger partial charge in [-0.25, -0.2) is 0 Å². The van der Waals surface area contributed by atoms with Gasteiger partial charge in [-0.1, -0.05) is 11.6 Å². The second-order valence-electron chi connectivity index (χ2n) is 4.24. The van der Waals surface area contributed by atoms with E-state index in [1.807, 2.05) is 18.7 Å². The molecule has 0 aliphatic rings. The topological polar surface area (TPSA) is 29.9 Å². The molecule has 1 rings (SSSR count). The van der Waals surface area contributed by atoms with Crippen LogP contribution >= 0.6 is 11.6 Å². The van der Waals surface area contributed by atoms with Crippen molar-refractivity contribution < 1.29 is 0 Å². The Morgan fingerprint density at radius 2 is 2.19 bits per heavy atom. The van der Waals surface area contributed by atoms with Crippen molar-refractivity contribution in [3.8, 4) is 0 Å². The standard InChI is InChI=1S/C12H22ClN3/c1-5-16-11(12(13)10(3)15-16)8-6-7-9(2)14-4/h9,14H,5-8H2,1-4H3. The minimum atomic E-state index is 0.567. The van der Waals surface area contributed by atoms with Crippen molar-refractivity contribution in [1.82, 2.24) is 15.1 Å². The first-order valence-electron chi connectivity index (χ1n) is 5.99. The Bertz CT molecular complexity index is 333. The number of aryl methyl sites for hydroxylation is 2. The van der Waals surface area contributed by atoms with E-state index in [0.717, 1.165) is 30.1 Å². The molecule has 1 unspecified atom stereocenters. The Morgan fingerprint density at radius 3 is 2.75 bits per heavy atom. The van der Waals surface area contributed by atoms with Gasteiger partial charge in [0.05, 0.1) is 16.4 Å². The summed E-state index contributed by atoms with van der Waals surface area (Å²) in [7, 11) is 2.00. The highest BCUT2D eigenvalue weighted by Gasteiger charge is 2.12. The molecule has 0 aliphatic heterocycles. The van der Waals surface area contributed by atoms with E-state index >= 15 is 0 Å². The Balaban J connectivity index is 2.59. The number of nitrogens with zero attached hydrogens (tertiary/aromatic N) is 2. The van der Waals surface area contributed by atoms with Crippen molar-refractivity contribution in [2.45, 2.75) is 52.6 Å². The molecule has 0 bridgehead atoms. The minimum Gasteiger partial charge on any atom is -0.317 e. The number of rotatable bonds is 6. The Morgan fingerprint density at radius 1 is 1.50 bits per heavy atom. The summed E-state index contributed by atoms with van der Waals surface area (Å²) in [5.74, 6) is 0. The first-order valence-corrected chi connectivity index (χ1v) is 6.37. The van der Waals surface area contributed by atoms with Crippen molar-refractivity contribution in [1.29, 1.82) is 0 Å². The summed E-state index contributed by atoms with van der Waals surface area (Å²) in [6.07, 6.45) is 3.33. The van der Waals surface area contributed by atoms with Crippen molar-refractivity contribution in [3.63, 3.8) is 0 Å². The lowest BCUT2D eigenvalue weighted by molar-refractivity contribution is 0.527. The van der Waals surface area contributed by atoms with E-state index in [2.05, 4.69) is 24.3 Å². The summed E-state index contributed by atoms with van der Waals surface area (Å²) < 4.78 is 2.02. The van der Waals surface area contributed by atoms with Crippen LogP contribution in [0.2, 0.25) is 5.02 Å². The normalized spacial score (nSPS) is 13.1. The molecule has 0 saturated carbocycles. The first-order chi connectivity index (χ1) is 7.60. The van der Waals surface area contributed by atoms with E-state index in [-0.39, 0.29) is 0 Å². The molecule has 0 aromatic carbocycles. The number of hydrogen-bond donors (Lipinski definition) is 1. The van der Waals surface area contributed by atoms with Crippen LogP contribution in [0.4, 0.5) is 0 Å². The molecule has 1 aromatic rings. The molecule has 0 radical (unpaired) electrons.